The van der Waals surface area contributed by atoms with Crippen molar-refractivity contribution in [1.82, 2.24) is 14.4 Å². The van der Waals surface area contributed by atoms with Crippen LogP contribution < -0.4 is 0 Å². The molecule has 32 heavy (non-hydrogen) atoms. The molecule has 1 aromatic carbocycles. The summed E-state index contributed by atoms with van der Waals surface area (Å²) in [7, 11) is 1.90. The van der Waals surface area contributed by atoms with Crippen LogP contribution >= 0.6 is 0 Å². The van der Waals surface area contributed by atoms with Crippen LogP contribution in [0.3, 0.4) is 0 Å². The first kappa shape index (κ1) is 25.5. The van der Waals surface area contributed by atoms with E-state index in [1.165, 1.54) is 17.0 Å². The lowest BCUT2D eigenvalue weighted by molar-refractivity contribution is -0.137. The maximum Gasteiger partial charge on any atom is 0.416 e. The standard InChI is InChI=1S/C24H32F3N3O2/c1-17(2)13-29(15-21-10-7-11-28(21)5)22(31)16-30(14-18(3)4)23(32)19-8-6-9-20(12-19)24(25,26)27/h6-12,17-18H,13-16H2,1-5H3. The van der Waals surface area contributed by atoms with E-state index in [9.17, 15) is 22.8 Å². The van der Waals surface area contributed by atoms with E-state index in [0.717, 1.165) is 17.8 Å². The normalized spacial score (nSPS) is 11.8. The number of rotatable bonds is 9. The monoisotopic (exact) mass is 451 g/mol. The molecule has 2 rings (SSSR count). The molecule has 0 aliphatic heterocycles. The number of aromatic nitrogens is 1. The van der Waals surface area contributed by atoms with E-state index >= 15 is 0 Å². The summed E-state index contributed by atoms with van der Waals surface area (Å²) in [5.41, 5.74) is -0.00551. The van der Waals surface area contributed by atoms with Crippen molar-refractivity contribution in [3.63, 3.8) is 0 Å². The summed E-state index contributed by atoms with van der Waals surface area (Å²) in [5, 5.41) is 0. The first-order chi connectivity index (χ1) is 14.9. The van der Waals surface area contributed by atoms with Crippen LogP contribution in [0.5, 0.6) is 0 Å². The highest BCUT2D eigenvalue weighted by Crippen LogP contribution is 2.29. The molecule has 0 aliphatic rings. The molecule has 0 N–H and O–H groups in total. The quantitative estimate of drug-likeness (QED) is 0.548. The fourth-order valence-corrected chi connectivity index (χ4v) is 3.49. The summed E-state index contributed by atoms with van der Waals surface area (Å²) in [6.45, 7) is 8.78. The first-order valence-electron chi connectivity index (χ1n) is 10.7. The van der Waals surface area contributed by atoms with Crippen molar-refractivity contribution < 1.29 is 22.8 Å². The van der Waals surface area contributed by atoms with Crippen molar-refractivity contribution >= 4 is 11.8 Å². The Kier molecular flexibility index (Phi) is 8.52. The van der Waals surface area contributed by atoms with Crippen LogP contribution in [0.1, 0.15) is 49.3 Å². The minimum Gasteiger partial charge on any atom is -0.353 e. The van der Waals surface area contributed by atoms with Gasteiger partial charge in [0, 0.05) is 37.6 Å². The molecule has 176 valence electrons. The highest BCUT2D eigenvalue weighted by Gasteiger charge is 2.32. The molecule has 1 heterocycles. The van der Waals surface area contributed by atoms with Gasteiger partial charge in [0.05, 0.1) is 12.1 Å². The Morgan fingerprint density at radius 1 is 0.969 bits per heavy atom. The van der Waals surface area contributed by atoms with Gasteiger partial charge in [-0.25, -0.2) is 0 Å². The Morgan fingerprint density at radius 2 is 1.59 bits per heavy atom. The summed E-state index contributed by atoms with van der Waals surface area (Å²) >= 11 is 0. The predicted molar refractivity (Wildman–Crippen MR) is 118 cm³/mol. The summed E-state index contributed by atoms with van der Waals surface area (Å²) < 4.78 is 41.2. The van der Waals surface area contributed by atoms with Crippen molar-refractivity contribution in [1.29, 1.82) is 0 Å². The summed E-state index contributed by atoms with van der Waals surface area (Å²) in [4.78, 5) is 29.4. The number of carbonyl (C=O) groups is 2. The molecule has 0 spiro atoms. The van der Waals surface area contributed by atoms with Crippen LogP contribution in [-0.4, -0.2) is 45.8 Å². The van der Waals surface area contributed by atoms with Gasteiger partial charge in [-0.3, -0.25) is 9.59 Å². The molecule has 0 bridgehead atoms. The summed E-state index contributed by atoms with van der Waals surface area (Å²) in [6, 6.07) is 8.17. The van der Waals surface area contributed by atoms with Crippen LogP contribution in [0.4, 0.5) is 13.2 Å². The van der Waals surface area contributed by atoms with E-state index in [1.807, 2.05) is 57.6 Å². The Morgan fingerprint density at radius 3 is 2.12 bits per heavy atom. The molecule has 0 saturated heterocycles. The van der Waals surface area contributed by atoms with Crippen molar-refractivity contribution in [2.45, 2.75) is 40.4 Å². The van der Waals surface area contributed by atoms with E-state index in [0.29, 0.717) is 13.1 Å². The second kappa shape index (κ2) is 10.7. The highest BCUT2D eigenvalue weighted by molar-refractivity contribution is 5.96. The number of hydrogen-bond donors (Lipinski definition) is 0. The lowest BCUT2D eigenvalue weighted by atomic mass is 10.1. The van der Waals surface area contributed by atoms with Gasteiger partial charge >= 0.3 is 6.18 Å². The van der Waals surface area contributed by atoms with Crippen molar-refractivity contribution in [2.24, 2.45) is 18.9 Å². The molecule has 8 heteroatoms. The average Bonchev–Trinajstić information content (AvgIpc) is 3.09. The molecule has 0 fully saturated rings. The van der Waals surface area contributed by atoms with Gasteiger partial charge in [-0.1, -0.05) is 33.8 Å². The molecule has 2 aromatic rings. The fraction of sp³-hybridized carbons (Fsp3) is 0.500. The Hall–Kier alpha value is -2.77. The number of hydrogen-bond acceptors (Lipinski definition) is 2. The SMILES string of the molecule is CC(C)CN(Cc1cccn1C)C(=O)CN(CC(C)C)C(=O)c1cccc(C(F)(F)F)c1. The molecule has 2 amide bonds. The Bertz CT molecular complexity index is 919. The van der Waals surface area contributed by atoms with Crippen LogP contribution in [-0.2, 0) is 24.6 Å². The molecule has 5 nitrogen and oxygen atoms in total. The first-order valence-corrected chi connectivity index (χ1v) is 10.7. The third kappa shape index (κ3) is 7.14. The molecular weight excluding hydrogens is 419 g/mol. The van der Waals surface area contributed by atoms with E-state index in [4.69, 9.17) is 0 Å². The lowest BCUT2D eigenvalue weighted by Gasteiger charge is -2.30. The maximum atomic E-state index is 13.2. The van der Waals surface area contributed by atoms with Crippen LogP contribution in [0.2, 0.25) is 0 Å². The lowest BCUT2D eigenvalue weighted by Crippen LogP contribution is -2.45. The van der Waals surface area contributed by atoms with Gasteiger partial charge in [0.1, 0.15) is 6.54 Å². The molecule has 0 radical (unpaired) electrons. The number of amides is 2. The number of carbonyl (C=O) groups excluding carboxylic acids is 2. The van der Waals surface area contributed by atoms with Crippen LogP contribution in [0.15, 0.2) is 42.6 Å². The van der Waals surface area contributed by atoms with E-state index in [2.05, 4.69) is 0 Å². The smallest absolute Gasteiger partial charge is 0.353 e. The van der Waals surface area contributed by atoms with Gasteiger partial charge in [0.2, 0.25) is 5.91 Å². The average molecular weight is 452 g/mol. The second-order valence-electron chi connectivity index (χ2n) is 8.94. The molecule has 0 atom stereocenters. The molecule has 0 saturated carbocycles. The Balaban J connectivity index is 2.26. The summed E-state index contributed by atoms with van der Waals surface area (Å²) in [6.07, 6.45) is -2.65. The van der Waals surface area contributed by atoms with Gasteiger partial charge in [0.15, 0.2) is 0 Å². The van der Waals surface area contributed by atoms with Crippen LogP contribution in [0.25, 0.3) is 0 Å². The third-order valence-electron chi connectivity index (χ3n) is 4.98. The largest absolute Gasteiger partial charge is 0.416 e. The minimum absolute atomic E-state index is 0.0453. The van der Waals surface area contributed by atoms with E-state index in [-0.39, 0.29) is 36.4 Å². The second-order valence-corrected chi connectivity index (χ2v) is 8.94. The highest BCUT2D eigenvalue weighted by atomic mass is 19.4. The zero-order chi connectivity index (χ0) is 24.1. The van der Waals surface area contributed by atoms with E-state index < -0.39 is 17.6 Å². The fourth-order valence-electron chi connectivity index (χ4n) is 3.49. The van der Waals surface area contributed by atoms with Crippen molar-refractivity contribution in [3.8, 4) is 0 Å². The topological polar surface area (TPSA) is 45.6 Å². The van der Waals surface area contributed by atoms with Gasteiger partial charge < -0.3 is 14.4 Å². The van der Waals surface area contributed by atoms with E-state index in [1.54, 1.807) is 4.90 Å². The van der Waals surface area contributed by atoms with Gasteiger partial charge in [-0.15, -0.1) is 0 Å². The zero-order valence-corrected chi connectivity index (χ0v) is 19.3. The Labute approximate surface area is 187 Å². The molecule has 1 aromatic heterocycles. The summed E-state index contributed by atoms with van der Waals surface area (Å²) in [5.74, 6) is -0.553. The zero-order valence-electron chi connectivity index (χ0n) is 19.3. The minimum atomic E-state index is -4.54. The predicted octanol–water partition coefficient (Wildman–Crippen LogP) is 4.83. The number of nitrogens with zero attached hydrogens (tertiary/aromatic N) is 3. The molecular formula is C24H32F3N3O2. The third-order valence-corrected chi connectivity index (χ3v) is 4.98. The maximum absolute atomic E-state index is 13.2. The number of benzene rings is 1. The van der Waals surface area contributed by atoms with Crippen molar-refractivity contribution in [3.05, 3.63) is 59.4 Å². The number of aryl methyl sites for hydroxylation is 1. The number of halogens is 3. The van der Waals surface area contributed by atoms with Gasteiger partial charge in [-0.05, 0) is 42.2 Å². The van der Waals surface area contributed by atoms with Gasteiger partial charge in [0.25, 0.3) is 5.91 Å². The van der Waals surface area contributed by atoms with Crippen LogP contribution in [0, 0.1) is 11.8 Å². The molecule has 0 aliphatic carbocycles. The van der Waals surface area contributed by atoms with Gasteiger partial charge in [-0.2, -0.15) is 13.2 Å². The number of alkyl halides is 3. The van der Waals surface area contributed by atoms with Crippen molar-refractivity contribution in [2.75, 3.05) is 19.6 Å². The molecule has 0 unspecified atom stereocenters.